The van der Waals surface area contributed by atoms with E-state index in [0.29, 0.717) is 16.9 Å². The smallest absolute Gasteiger partial charge is 0.302 e. The maximum absolute atomic E-state index is 12.0. The lowest BCUT2D eigenvalue weighted by Gasteiger charge is -2.36. The van der Waals surface area contributed by atoms with Crippen molar-refractivity contribution in [3.63, 3.8) is 0 Å². The van der Waals surface area contributed by atoms with Crippen LogP contribution in [0, 0.1) is 13.8 Å². The van der Waals surface area contributed by atoms with Crippen molar-refractivity contribution >= 4 is 56.9 Å². The summed E-state index contributed by atoms with van der Waals surface area (Å²) in [6, 6.07) is 22.7. The van der Waals surface area contributed by atoms with Gasteiger partial charge in [0.2, 0.25) is 0 Å². The van der Waals surface area contributed by atoms with E-state index in [2.05, 4.69) is 54.9 Å². The molecule has 1 amide bonds. The predicted octanol–water partition coefficient (Wildman–Crippen LogP) is 7.18. The Balaban J connectivity index is 0.000000238. The summed E-state index contributed by atoms with van der Waals surface area (Å²) in [5, 5.41) is 8.04. The van der Waals surface area contributed by atoms with Crippen molar-refractivity contribution in [2.24, 2.45) is 10.7 Å². The number of halogens is 1. The van der Waals surface area contributed by atoms with Crippen molar-refractivity contribution in [3.05, 3.63) is 111 Å². The second-order valence-electron chi connectivity index (χ2n) is 11.3. The van der Waals surface area contributed by atoms with Gasteiger partial charge in [0.1, 0.15) is 11.2 Å². The highest BCUT2D eigenvalue weighted by molar-refractivity contribution is 7.16. The summed E-state index contributed by atoms with van der Waals surface area (Å²) < 4.78 is 4.11. The fourth-order valence-corrected chi connectivity index (χ4v) is 6.29. The van der Waals surface area contributed by atoms with E-state index >= 15 is 0 Å². The highest BCUT2D eigenvalue weighted by Crippen LogP contribution is 2.40. The van der Waals surface area contributed by atoms with Crippen LogP contribution in [0.1, 0.15) is 65.2 Å². The second-order valence-corrected chi connectivity index (χ2v) is 13.0. The van der Waals surface area contributed by atoms with Crippen molar-refractivity contribution < 1.29 is 14.3 Å². The van der Waals surface area contributed by atoms with Gasteiger partial charge in [0.05, 0.1) is 36.4 Å². The molecule has 3 unspecified atom stereocenters. The molecule has 4 aromatic rings. The van der Waals surface area contributed by atoms with E-state index in [1.54, 1.807) is 23.5 Å². The SMILES string of the molecule is CCc1ccc(C(=O)Nc2ccccc2N)cc1.CNC(C)N1c2sc(C)c(C)c2C(c2ccc(Cl)cc2)=NC(C)C1N.COC(C)=O. The third kappa shape index (κ3) is 9.67. The number of nitrogens with zero attached hydrogens (tertiary/aromatic N) is 2. The molecule has 0 radical (unpaired) electrons. The molecule has 6 N–H and O–H groups in total. The fourth-order valence-electron chi connectivity index (χ4n) is 4.88. The monoisotopic (exact) mass is 690 g/mol. The number of esters is 1. The Morgan fingerprint density at radius 1 is 1.06 bits per heavy atom. The normalized spacial score (nSPS) is 15.7. The number of aryl methyl sites for hydroxylation is 2. The number of anilines is 3. The fraction of sp³-hybridized carbons (Fsp3) is 0.324. The van der Waals surface area contributed by atoms with Gasteiger partial charge in [-0.15, -0.1) is 11.3 Å². The van der Waals surface area contributed by atoms with Gasteiger partial charge < -0.3 is 31.7 Å². The molecule has 0 fully saturated rings. The summed E-state index contributed by atoms with van der Waals surface area (Å²) >= 11 is 7.87. The van der Waals surface area contributed by atoms with Crippen LogP contribution in [0.4, 0.5) is 16.4 Å². The van der Waals surface area contributed by atoms with Crippen molar-refractivity contribution in [2.75, 3.05) is 30.1 Å². The topological polar surface area (TPSA) is 135 Å². The minimum Gasteiger partial charge on any atom is -0.469 e. The number of carbonyl (C=O) groups is 2. The van der Waals surface area contributed by atoms with Crippen molar-refractivity contribution in [3.8, 4) is 0 Å². The van der Waals surface area contributed by atoms with Crippen LogP contribution in [0.2, 0.25) is 5.02 Å². The number of methoxy groups -OCH3 is 1. The predicted molar refractivity (Wildman–Crippen MR) is 202 cm³/mol. The Hall–Kier alpha value is -4.22. The lowest BCUT2D eigenvalue weighted by Crippen LogP contribution is -2.55. The number of fused-ring (bicyclic) bond motifs is 1. The average Bonchev–Trinajstić information content (AvgIpc) is 3.31. The molecular weight excluding hydrogens is 644 g/mol. The van der Waals surface area contributed by atoms with Gasteiger partial charge in [-0.3, -0.25) is 14.6 Å². The minimum absolute atomic E-state index is 0.0271. The summed E-state index contributed by atoms with van der Waals surface area (Å²) in [5.74, 6) is -0.388. The minimum atomic E-state index is -0.245. The van der Waals surface area contributed by atoms with E-state index < -0.39 is 0 Å². The van der Waals surface area contributed by atoms with Gasteiger partial charge in [-0.2, -0.15) is 0 Å². The molecule has 1 aliphatic rings. The number of hydrogen-bond donors (Lipinski definition) is 4. The Morgan fingerprint density at radius 2 is 1.67 bits per heavy atom. The molecule has 11 heteroatoms. The molecule has 0 saturated heterocycles. The number of hydrogen-bond acceptors (Lipinski definition) is 9. The van der Waals surface area contributed by atoms with Crippen LogP contribution >= 0.6 is 22.9 Å². The summed E-state index contributed by atoms with van der Waals surface area (Å²) in [6.45, 7) is 12.0. The van der Waals surface area contributed by atoms with Crippen molar-refractivity contribution in [2.45, 2.75) is 66.3 Å². The zero-order valence-electron chi connectivity index (χ0n) is 28.9. The van der Waals surface area contributed by atoms with Crippen LogP contribution in [0.3, 0.4) is 0 Å². The summed E-state index contributed by atoms with van der Waals surface area (Å²) in [5.41, 5.74) is 20.0. The van der Waals surface area contributed by atoms with Crippen LogP contribution in [0.25, 0.3) is 0 Å². The van der Waals surface area contributed by atoms with Gasteiger partial charge in [-0.25, -0.2) is 0 Å². The number of carbonyl (C=O) groups excluding carboxylic acids is 2. The largest absolute Gasteiger partial charge is 0.469 e. The van der Waals surface area contributed by atoms with E-state index in [9.17, 15) is 9.59 Å². The maximum atomic E-state index is 12.0. The van der Waals surface area contributed by atoms with Crippen LogP contribution in [-0.2, 0) is 16.0 Å². The van der Waals surface area contributed by atoms with Crippen molar-refractivity contribution in [1.82, 2.24) is 5.32 Å². The van der Waals surface area contributed by atoms with E-state index in [4.69, 9.17) is 28.1 Å². The first-order chi connectivity index (χ1) is 22.8. The Labute approximate surface area is 293 Å². The van der Waals surface area contributed by atoms with Crippen molar-refractivity contribution in [1.29, 1.82) is 0 Å². The van der Waals surface area contributed by atoms with Crippen LogP contribution < -0.4 is 27.0 Å². The van der Waals surface area contributed by atoms with E-state index in [0.717, 1.165) is 22.7 Å². The number of nitrogens with two attached hydrogens (primary N) is 2. The Kier molecular flexibility index (Phi) is 14.2. The van der Waals surface area contributed by atoms with E-state index in [1.165, 1.54) is 40.6 Å². The van der Waals surface area contributed by atoms with E-state index in [-0.39, 0.29) is 30.2 Å². The summed E-state index contributed by atoms with van der Waals surface area (Å²) in [7, 11) is 3.31. The molecule has 256 valence electrons. The summed E-state index contributed by atoms with van der Waals surface area (Å²) in [4.78, 5) is 30.2. The highest BCUT2D eigenvalue weighted by Gasteiger charge is 2.34. The first kappa shape index (κ1) is 38.2. The number of nitrogens with one attached hydrogen (secondary N) is 2. The molecule has 0 aliphatic carbocycles. The number of ether oxygens (including phenoxy) is 1. The van der Waals surface area contributed by atoms with Crippen LogP contribution in [0.5, 0.6) is 0 Å². The second kappa shape index (κ2) is 17.8. The zero-order valence-corrected chi connectivity index (χ0v) is 30.5. The lowest BCUT2D eigenvalue weighted by molar-refractivity contribution is -0.137. The number of amides is 1. The van der Waals surface area contributed by atoms with Crippen LogP contribution in [-0.4, -0.2) is 50.1 Å². The molecule has 9 nitrogen and oxygen atoms in total. The third-order valence-electron chi connectivity index (χ3n) is 8.06. The standard InChI is InChI=1S/C19H25ClN4S.C15H16N2O.C3H6O2/c1-10-12(3)25-19-16(10)17(14-6-8-15(20)9-7-14)23-11(2)18(21)24(19)13(4)22-5;1-2-11-7-9-12(10-8-11)15(18)17-14-6-4-3-5-13(14)16;1-3(4)5-2/h6-9,11,13,18,22H,21H2,1-5H3;3-10H,2,16H2,1H3,(H,17,18);1-2H3. The van der Waals surface area contributed by atoms with Gasteiger partial charge in [-0.05, 0) is 88.7 Å². The number of para-hydroxylation sites is 2. The number of rotatable bonds is 6. The lowest BCUT2D eigenvalue weighted by atomic mass is 10.00. The molecule has 0 spiro atoms. The Bertz CT molecular complexity index is 1710. The molecule has 3 atom stereocenters. The molecule has 0 bridgehead atoms. The average molecular weight is 691 g/mol. The van der Waals surface area contributed by atoms with Gasteiger partial charge >= 0.3 is 5.97 Å². The molecule has 1 aliphatic heterocycles. The highest BCUT2D eigenvalue weighted by atomic mass is 35.5. The Morgan fingerprint density at radius 3 is 2.21 bits per heavy atom. The maximum Gasteiger partial charge on any atom is 0.302 e. The van der Waals surface area contributed by atoms with Gasteiger partial charge in [0.25, 0.3) is 5.91 Å². The molecule has 1 aromatic heterocycles. The molecular formula is C37H47ClN6O3S. The molecule has 0 saturated carbocycles. The zero-order chi connectivity index (χ0) is 35.5. The number of thiophene rings is 1. The molecule has 3 aromatic carbocycles. The molecule has 5 rings (SSSR count). The number of benzene rings is 3. The van der Waals surface area contributed by atoms with Gasteiger partial charge in [0, 0.05) is 33.5 Å². The first-order valence-electron chi connectivity index (χ1n) is 15.8. The van der Waals surface area contributed by atoms with Gasteiger partial charge in [0.15, 0.2) is 0 Å². The van der Waals surface area contributed by atoms with E-state index in [1.807, 2.05) is 67.7 Å². The third-order valence-corrected chi connectivity index (χ3v) is 9.53. The summed E-state index contributed by atoms with van der Waals surface area (Å²) in [6.07, 6.45) is 0.893. The number of nitrogen functional groups attached to an aromatic ring is 1. The first-order valence-corrected chi connectivity index (χ1v) is 17.0. The number of aliphatic imine (C=N–C) groups is 1. The van der Waals surface area contributed by atoms with Crippen LogP contribution in [0.15, 0.2) is 77.8 Å². The molecule has 48 heavy (non-hydrogen) atoms. The molecule has 2 heterocycles. The van der Waals surface area contributed by atoms with Gasteiger partial charge in [-0.1, -0.05) is 54.9 Å². The quantitative estimate of drug-likeness (QED) is 0.124.